The van der Waals surface area contributed by atoms with Gasteiger partial charge in [0.2, 0.25) is 5.91 Å². The van der Waals surface area contributed by atoms with E-state index in [2.05, 4.69) is 16.0 Å². The molecule has 2 atom stereocenters. The van der Waals surface area contributed by atoms with Crippen LogP contribution in [-0.2, 0) is 14.4 Å². The second kappa shape index (κ2) is 13.2. The minimum absolute atomic E-state index is 0.0128. The van der Waals surface area contributed by atoms with Crippen molar-refractivity contribution in [2.75, 3.05) is 20.6 Å². The molecule has 23 heavy (non-hydrogen) atoms. The Bertz CT molecular complexity index is 372. The predicted molar refractivity (Wildman–Crippen MR) is 92.4 cm³/mol. The maximum atomic E-state index is 12.2. The fraction of sp³-hybridized carbons (Fsp3) is 0.824. The molecule has 0 aromatic heterocycles. The number of unbranched alkanes of at least 4 members (excludes halogenated alkanes) is 1. The molecule has 6 heteroatoms. The van der Waals surface area contributed by atoms with Gasteiger partial charge in [-0.3, -0.25) is 9.59 Å². The molecule has 0 saturated carbocycles. The molecule has 0 aliphatic carbocycles. The van der Waals surface area contributed by atoms with E-state index in [0.29, 0.717) is 25.7 Å². The molecule has 0 spiro atoms. The van der Waals surface area contributed by atoms with E-state index >= 15 is 0 Å². The summed E-state index contributed by atoms with van der Waals surface area (Å²) in [5, 5.41) is 9.14. The van der Waals surface area contributed by atoms with Crippen molar-refractivity contribution in [2.24, 2.45) is 0 Å². The Hall–Kier alpha value is -1.27. The number of rotatable bonds is 14. The summed E-state index contributed by atoms with van der Waals surface area (Å²) in [5.41, 5.74) is 0. The van der Waals surface area contributed by atoms with Gasteiger partial charge in [-0.05, 0) is 53.8 Å². The van der Waals surface area contributed by atoms with Crippen molar-refractivity contribution in [1.29, 1.82) is 0 Å². The second-order valence-corrected chi connectivity index (χ2v) is 6.20. The van der Waals surface area contributed by atoms with Gasteiger partial charge in [-0.1, -0.05) is 6.42 Å². The molecule has 0 aliphatic rings. The van der Waals surface area contributed by atoms with Crippen molar-refractivity contribution >= 4 is 17.5 Å². The number of carbonyl (C=O) groups is 3. The second-order valence-electron chi connectivity index (χ2n) is 6.20. The summed E-state index contributed by atoms with van der Waals surface area (Å²) >= 11 is 0. The van der Waals surface area contributed by atoms with E-state index in [1.165, 1.54) is 0 Å². The van der Waals surface area contributed by atoms with Crippen LogP contribution < -0.4 is 16.0 Å². The van der Waals surface area contributed by atoms with Crippen LogP contribution in [0, 0.1) is 0 Å². The van der Waals surface area contributed by atoms with Crippen LogP contribution >= 0.6 is 0 Å². The molecule has 1 amide bonds. The van der Waals surface area contributed by atoms with Crippen LogP contribution in [-0.4, -0.2) is 50.2 Å². The third-order valence-corrected chi connectivity index (χ3v) is 3.81. The number of ketones is 2. The Morgan fingerprint density at radius 3 is 2.09 bits per heavy atom. The number of nitrogens with one attached hydrogen (secondary N) is 3. The van der Waals surface area contributed by atoms with E-state index < -0.39 is 0 Å². The molecular weight excluding hydrogens is 294 g/mol. The van der Waals surface area contributed by atoms with Crippen LogP contribution in [0.5, 0.6) is 0 Å². The van der Waals surface area contributed by atoms with E-state index in [4.69, 9.17) is 0 Å². The Kier molecular flexibility index (Phi) is 12.5. The van der Waals surface area contributed by atoms with E-state index in [1.54, 1.807) is 20.9 Å². The van der Waals surface area contributed by atoms with Crippen molar-refractivity contribution in [3.8, 4) is 0 Å². The van der Waals surface area contributed by atoms with Gasteiger partial charge in [0.15, 0.2) is 0 Å². The Morgan fingerprint density at radius 2 is 1.57 bits per heavy atom. The first kappa shape index (κ1) is 21.7. The molecule has 3 N–H and O–H groups in total. The summed E-state index contributed by atoms with van der Waals surface area (Å²) in [4.78, 5) is 34.6. The van der Waals surface area contributed by atoms with Gasteiger partial charge in [0, 0.05) is 31.3 Å². The monoisotopic (exact) mass is 327 g/mol. The molecule has 0 heterocycles. The molecule has 0 aromatic rings. The number of hydrogen-bond acceptors (Lipinski definition) is 5. The summed E-state index contributed by atoms with van der Waals surface area (Å²) in [6.07, 6.45) is 4.64. The first-order chi connectivity index (χ1) is 10.9. The van der Waals surface area contributed by atoms with Gasteiger partial charge >= 0.3 is 0 Å². The highest BCUT2D eigenvalue weighted by atomic mass is 16.2. The lowest BCUT2D eigenvalue weighted by Crippen LogP contribution is -2.40. The van der Waals surface area contributed by atoms with Crippen molar-refractivity contribution in [3.63, 3.8) is 0 Å². The minimum atomic E-state index is -0.0952. The van der Waals surface area contributed by atoms with E-state index in [-0.39, 0.29) is 29.6 Å². The highest BCUT2D eigenvalue weighted by Gasteiger charge is 2.17. The van der Waals surface area contributed by atoms with Gasteiger partial charge in [-0.25, -0.2) is 0 Å². The van der Waals surface area contributed by atoms with E-state index in [1.807, 2.05) is 7.05 Å². The van der Waals surface area contributed by atoms with Gasteiger partial charge in [0.25, 0.3) is 0 Å². The maximum absolute atomic E-state index is 12.2. The third kappa shape index (κ3) is 12.9. The molecule has 0 rings (SSSR count). The van der Waals surface area contributed by atoms with Crippen LogP contribution in [0.1, 0.15) is 58.8 Å². The fourth-order valence-corrected chi connectivity index (χ4v) is 2.50. The van der Waals surface area contributed by atoms with Gasteiger partial charge < -0.3 is 20.7 Å². The van der Waals surface area contributed by atoms with Gasteiger partial charge in [-0.2, -0.15) is 0 Å². The highest BCUT2D eigenvalue weighted by Crippen LogP contribution is 2.08. The molecule has 0 bridgehead atoms. The predicted octanol–water partition coefficient (Wildman–Crippen LogP) is 1.19. The topological polar surface area (TPSA) is 87.3 Å². The minimum Gasteiger partial charge on any atom is -0.353 e. The van der Waals surface area contributed by atoms with Crippen molar-refractivity contribution in [2.45, 2.75) is 70.9 Å². The zero-order chi connectivity index (χ0) is 17.7. The van der Waals surface area contributed by atoms with E-state index in [9.17, 15) is 14.4 Å². The number of hydrogen-bond donors (Lipinski definition) is 3. The number of Topliss-reactive ketones (excluding diaryl/α,β-unsaturated/α-hetero) is 2. The first-order valence-corrected chi connectivity index (χ1v) is 8.49. The zero-order valence-electron chi connectivity index (χ0n) is 15.0. The smallest absolute Gasteiger partial charge is 0.221 e. The molecule has 2 unspecified atom stereocenters. The fourth-order valence-electron chi connectivity index (χ4n) is 2.50. The van der Waals surface area contributed by atoms with Crippen molar-refractivity contribution in [1.82, 2.24) is 16.0 Å². The van der Waals surface area contributed by atoms with E-state index in [0.717, 1.165) is 25.8 Å². The van der Waals surface area contributed by atoms with Gasteiger partial charge in [-0.15, -0.1) is 0 Å². The lowest BCUT2D eigenvalue weighted by atomic mass is 10.0. The van der Waals surface area contributed by atoms with Crippen molar-refractivity contribution in [3.05, 3.63) is 0 Å². The molecule has 134 valence electrons. The summed E-state index contributed by atoms with van der Waals surface area (Å²) in [5.74, 6) is 0.156. The van der Waals surface area contributed by atoms with Crippen LogP contribution in [0.2, 0.25) is 0 Å². The van der Waals surface area contributed by atoms with Crippen LogP contribution in [0.15, 0.2) is 0 Å². The Labute approximate surface area is 140 Å². The van der Waals surface area contributed by atoms with Crippen LogP contribution in [0.3, 0.4) is 0 Å². The Balaban J connectivity index is 4.32. The lowest BCUT2D eigenvalue weighted by molar-refractivity contribution is -0.123. The molecule has 0 radical (unpaired) electrons. The average Bonchev–Trinajstić information content (AvgIpc) is 2.46. The summed E-state index contributed by atoms with van der Waals surface area (Å²) in [6, 6.07) is -0.108. The summed E-state index contributed by atoms with van der Waals surface area (Å²) < 4.78 is 0. The standard InChI is InChI=1S/C17H33N3O3/c1-13(21)8-9-15(19-4)12-17(23)20-16(11-14(2)22)7-5-6-10-18-3/h15-16,18-19H,5-12H2,1-4H3,(H,20,23). The molecule has 0 aromatic carbocycles. The zero-order valence-corrected chi connectivity index (χ0v) is 15.0. The summed E-state index contributed by atoms with van der Waals surface area (Å²) in [7, 11) is 3.71. The van der Waals surface area contributed by atoms with Gasteiger partial charge in [0.1, 0.15) is 11.6 Å². The molecule has 0 aliphatic heterocycles. The number of carbonyl (C=O) groups excluding carboxylic acids is 3. The number of amides is 1. The maximum Gasteiger partial charge on any atom is 0.221 e. The largest absolute Gasteiger partial charge is 0.353 e. The molecule has 0 saturated heterocycles. The SMILES string of the molecule is CNCCCCC(CC(C)=O)NC(=O)CC(CCC(C)=O)NC. The average molecular weight is 327 g/mol. The van der Waals surface area contributed by atoms with Crippen LogP contribution in [0.4, 0.5) is 0 Å². The normalized spacial score (nSPS) is 13.4. The third-order valence-electron chi connectivity index (χ3n) is 3.81. The Morgan fingerprint density at radius 1 is 0.870 bits per heavy atom. The molecular formula is C17H33N3O3. The highest BCUT2D eigenvalue weighted by molar-refractivity contribution is 5.80. The van der Waals surface area contributed by atoms with Gasteiger partial charge in [0.05, 0.1) is 0 Å². The van der Waals surface area contributed by atoms with Crippen LogP contribution in [0.25, 0.3) is 0 Å². The summed E-state index contributed by atoms with van der Waals surface area (Å²) in [6.45, 7) is 4.05. The molecule has 0 fully saturated rings. The van der Waals surface area contributed by atoms with Crippen molar-refractivity contribution < 1.29 is 14.4 Å². The lowest BCUT2D eigenvalue weighted by Gasteiger charge is -2.20. The first-order valence-electron chi connectivity index (χ1n) is 8.49. The molecule has 6 nitrogen and oxygen atoms in total. The quantitative estimate of drug-likeness (QED) is 0.417.